The molecule has 32 heavy (non-hydrogen) atoms. The highest BCUT2D eigenvalue weighted by Gasteiger charge is 2.32. The summed E-state index contributed by atoms with van der Waals surface area (Å²) in [5, 5.41) is 0. The first-order chi connectivity index (χ1) is 15.7. The zero-order chi connectivity index (χ0) is 22.5. The Kier molecular flexibility index (Phi) is 6.55. The van der Waals surface area contributed by atoms with E-state index in [9.17, 15) is 4.79 Å². The standard InChI is InChI=1S/C27H28N2O3/c1-4-29-23-18-25(32-5-2)24(31-3)17-21(23)26(20-14-10-7-11-15-20)28-22(27(29)30)16-19-12-8-6-9-13-19/h6-15,17-18,22H,4-5,16H2,1-3H3. The second-order valence-electron chi connectivity index (χ2n) is 7.58. The van der Waals surface area contributed by atoms with E-state index in [1.54, 1.807) is 7.11 Å². The molecule has 5 nitrogen and oxygen atoms in total. The molecule has 4 rings (SSSR count). The maximum absolute atomic E-state index is 13.7. The normalized spacial score (nSPS) is 15.6. The third-order valence-corrected chi connectivity index (χ3v) is 5.60. The lowest BCUT2D eigenvalue weighted by atomic mass is 9.99. The van der Waals surface area contributed by atoms with Gasteiger partial charge in [0.25, 0.3) is 5.91 Å². The number of hydrogen-bond acceptors (Lipinski definition) is 4. The van der Waals surface area contributed by atoms with Gasteiger partial charge in [-0.05, 0) is 25.5 Å². The minimum atomic E-state index is -0.526. The molecule has 0 fully saturated rings. The molecular weight excluding hydrogens is 400 g/mol. The van der Waals surface area contributed by atoms with Crippen molar-refractivity contribution in [1.82, 2.24) is 0 Å². The Morgan fingerprint density at radius 1 is 0.938 bits per heavy atom. The van der Waals surface area contributed by atoms with Gasteiger partial charge in [0, 0.05) is 30.2 Å². The summed E-state index contributed by atoms with van der Waals surface area (Å²) in [5.41, 5.74) is 4.48. The lowest BCUT2D eigenvalue weighted by molar-refractivity contribution is -0.119. The lowest BCUT2D eigenvalue weighted by Crippen LogP contribution is -2.38. The van der Waals surface area contributed by atoms with Gasteiger partial charge >= 0.3 is 0 Å². The summed E-state index contributed by atoms with van der Waals surface area (Å²) in [6.07, 6.45) is 0.538. The van der Waals surface area contributed by atoms with Gasteiger partial charge in [-0.1, -0.05) is 60.7 Å². The maximum Gasteiger partial charge on any atom is 0.252 e. The van der Waals surface area contributed by atoms with Crippen LogP contribution in [0.1, 0.15) is 30.5 Å². The molecule has 1 aliphatic heterocycles. The van der Waals surface area contributed by atoms with Crippen molar-refractivity contribution >= 4 is 17.3 Å². The number of anilines is 1. The van der Waals surface area contributed by atoms with Gasteiger partial charge in [-0.25, -0.2) is 0 Å². The average Bonchev–Trinajstić information content (AvgIpc) is 2.94. The van der Waals surface area contributed by atoms with Crippen molar-refractivity contribution in [2.45, 2.75) is 26.3 Å². The van der Waals surface area contributed by atoms with Gasteiger partial charge in [0.2, 0.25) is 0 Å². The minimum Gasteiger partial charge on any atom is -0.493 e. The molecule has 0 N–H and O–H groups in total. The van der Waals surface area contributed by atoms with Crippen molar-refractivity contribution in [3.05, 3.63) is 89.5 Å². The van der Waals surface area contributed by atoms with Crippen LogP contribution in [0.25, 0.3) is 0 Å². The summed E-state index contributed by atoms with van der Waals surface area (Å²) in [5.74, 6) is 1.23. The fraction of sp³-hybridized carbons (Fsp3) is 0.259. The molecule has 0 saturated heterocycles. The molecule has 1 unspecified atom stereocenters. The van der Waals surface area contributed by atoms with Gasteiger partial charge in [-0.3, -0.25) is 9.79 Å². The molecule has 0 aliphatic carbocycles. The van der Waals surface area contributed by atoms with Gasteiger partial charge in [-0.2, -0.15) is 0 Å². The van der Waals surface area contributed by atoms with Crippen LogP contribution in [0.3, 0.4) is 0 Å². The number of benzodiazepines with no additional fused rings is 1. The summed E-state index contributed by atoms with van der Waals surface area (Å²) in [6.45, 7) is 4.96. The molecule has 0 bridgehead atoms. The van der Waals surface area contributed by atoms with Gasteiger partial charge in [0.1, 0.15) is 6.04 Å². The quantitative estimate of drug-likeness (QED) is 0.537. The number of methoxy groups -OCH3 is 1. The van der Waals surface area contributed by atoms with Gasteiger partial charge in [-0.15, -0.1) is 0 Å². The first kappa shape index (κ1) is 21.6. The van der Waals surface area contributed by atoms with E-state index in [1.807, 2.05) is 91.5 Å². The summed E-state index contributed by atoms with van der Waals surface area (Å²) in [4.78, 5) is 20.5. The SMILES string of the molecule is CCOc1cc2c(cc1OC)C(c1ccccc1)=NC(Cc1ccccc1)C(=O)N2CC. The van der Waals surface area contributed by atoms with Crippen LogP contribution < -0.4 is 14.4 Å². The molecule has 3 aromatic rings. The number of likely N-dealkylation sites (N-methyl/N-ethyl adjacent to an activating group) is 1. The maximum atomic E-state index is 13.7. The van der Waals surface area contributed by atoms with Crippen LogP contribution in [0.4, 0.5) is 5.69 Å². The Hall–Kier alpha value is -3.60. The largest absolute Gasteiger partial charge is 0.493 e. The zero-order valence-electron chi connectivity index (χ0n) is 18.7. The number of amides is 1. The summed E-state index contributed by atoms with van der Waals surface area (Å²) < 4.78 is 11.4. The number of carbonyl (C=O) groups excluding carboxylic acids is 1. The first-order valence-corrected chi connectivity index (χ1v) is 11.0. The molecule has 1 aliphatic rings. The molecule has 0 aromatic heterocycles. The van der Waals surface area contributed by atoms with Crippen LogP contribution in [-0.4, -0.2) is 37.9 Å². The molecule has 0 radical (unpaired) electrons. The Morgan fingerprint density at radius 3 is 2.25 bits per heavy atom. The number of hydrogen-bond donors (Lipinski definition) is 0. The van der Waals surface area contributed by atoms with Crippen LogP contribution in [0.2, 0.25) is 0 Å². The highest BCUT2D eigenvalue weighted by molar-refractivity contribution is 6.20. The summed E-state index contributed by atoms with van der Waals surface area (Å²) in [6, 6.07) is 23.3. The molecule has 3 aromatic carbocycles. The fourth-order valence-corrected chi connectivity index (χ4v) is 4.09. The molecule has 5 heteroatoms. The van der Waals surface area contributed by atoms with E-state index in [0.29, 0.717) is 31.1 Å². The lowest BCUT2D eigenvalue weighted by Gasteiger charge is -2.25. The van der Waals surface area contributed by atoms with Gasteiger partial charge in [0.05, 0.1) is 25.1 Å². The van der Waals surface area contributed by atoms with Gasteiger partial charge < -0.3 is 14.4 Å². The zero-order valence-corrected chi connectivity index (χ0v) is 18.7. The van der Waals surface area contributed by atoms with Crippen LogP contribution >= 0.6 is 0 Å². The molecule has 0 spiro atoms. The van der Waals surface area contributed by atoms with Crippen molar-refractivity contribution in [2.75, 3.05) is 25.2 Å². The highest BCUT2D eigenvalue weighted by atomic mass is 16.5. The second kappa shape index (κ2) is 9.69. The Balaban J connectivity index is 1.92. The van der Waals surface area contributed by atoms with E-state index in [1.165, 1.54) is 0 Å². The van der Waals surface area contributed by atoms with E-state index in [2.05, 4.69) is 0 Å². The average molecular weight is 429 g/mol. The number of aliphatic imine (C=N–C) groups is 1. The molecule has 1 atom stereocenters. The number of ether oxygens (including phenoxy) is 2. The van der Waals surface area contributed by atoms with Crippen LogP contribution in [0, 0.1) is 0 Å². The van der Waals surface area contributed by atoms with E-state index in [4.69, 9.17) is 14.5 Å². The number of fused-ring (bicyclic) bond motifs is 1. The minimum absolute atomic E-state index is 0.0175. The third-order valence-electron chi connectivity index (χ3n) is 5.60. The van der Waals surface area contributed by atoms with Crippen molar-refractivity contribution in [2.24, 2.45) is 4.99 Å². The van der Waals surface area contributed by atoms with Crippen molar-refractivity contribution < 1.29 is 14.3 Å². The van der Waals surface area contributed by atoms with Gasteiger partial charge in [0.15, 0.2) is 11.5 Å². The van der Waals surface area contributed by atoms with Crippen LogP contribution in [0.15, 0.2) is 77.8 Å². The predicted octanol–water partition coefficient (Wildman–Crippen LogP) is 4.91. The molecule has 1 heterocycles. The summed E-state index contributed by atoms with van der Waals surface area (Å²) in [7, 11) is 1.63. The molecule has 164 valence electrons. The molecular formula is C27H28N2O3. The Morgan fingerprint density at radius 2 is 1.62 bits per heavy atom. The van der Waals surface area contributed by atoms with E-state index < -0.39 is 6.04 Å². The number of carbonyl (C=O) groups is 1. The van der Waals surface area contributed by atoms with Crippen LogP contribution in [-0.2, 0) is 11.2 Å². The monoisotopic (exact) mass is 428 g/mol. The first-order valence-electron chi connectivity index (χ1n) is 11.0. The number of benzene rings is 3. The van der Waals surface area contributed by atoms with Crippen LogP contribution in [0.5, 0.6) is 11.5 Å². The topological polar surface area (TPSA) is 51.1 Å². The van der Waals surface area contributed by atoms with E-state index in [0.717, 1.165) is 28.1 Å². The molecule has 0 saturated carbocycles. The van der Waals surface area contributed by atoms with Crippen molar-refractivity contribution in [3.63, 3.8) is 0 Å². The predicted molar refractivity (Wildman–Crippen MR) is 128 cm³/mol. The fourth-order valence-electron chi connectivity index (χ4n) is 4.09. The Bertz CT molecular complexity index is 1110. The Labute approximate surface area is 189 Å². The number of nitrogens with zero attached hydrogens (tertiary/aromatic N) is 2. The smallest absolute Gasteiger partial charge is 0.252 e. The molecule has 1 amide bonds. The van der Waals surface area contributed by atoms with E-state index >= 15 is 0 Å². The highest BCUT2D eigenvalue weighted by Crippen LogP contribution is 2.38. The second-order valence-corrected chi connectivity index (χ2v) is 7.58. The van der Waals surface area contributed by atoms with E-state index in [-0.39, 0.29) is 5.91 Å². The number of rotatable bonds is 7. The van der Waals surface area contributed by atoms with Crippen molar-refractivity contribution in [3.8, 4) is 11.5 Å². The third kappa shape index (κ3) is 4.24. The summed E-state index contributed by atoms with van der Waals surface area (Å²) >= 11 is 0. The van der Waals surface area contributed by atoms with Crippen molar-refractivity contribution in [1.29, 1.82) is 0 Å².